The van der Waals surface area contributed by atoms with Gasteiger partial charge in [0, 0.05) is 25.0 Å². The molecule has 0 radical (unpaired) electrons. The van der Waals surface area contributed by atoms with E-state index >= 15 is 0 Å². The molecule has 0 N–H and O–H groups in total. The van der Waals surface area contributed by atoms with Crippen LogP contribution in [0, 0.1) is 5.92 Å². The van der Waals surface area contributed by atoms with E-state index in [0.29, 0.717) is 5.92 Å². The fourth-order valence-electron chi connectivity index (χ4n) is 2.75. The fraction of sp³-hybridized carbons (Fsp3) is 0.714. The second-order valence-electron chi connectivity index (χ2n) is 5.45. The smallest absolute Gasteiger partial charge is 0.0217 e. The van der Waals surface area contributed by atoms with Crippen LogP contribution in [-0.4, -0.2) is 49.6 Å². The molecule has 90 valence electrons. The van der Waals surface area contributed by atoms with Crippen molar-refractivity contribution in [2.75, 3.05) is 33.7 Å². The van der Waals surface area contributed by atoms with Crippen LogP contribution in [0.15, 0.2) is 23.8 Å². The van der Waals surface area contributed by atoms with Crippen molar-refractivity contribution in [2.45, 2.75) is 25.8 Å². The molecule has 0 amide bonds. The molecule has 0 aromatic carbocycles. The Balaban J connectivity index is 1.84. The van der Waals surface area contributed by atoms with Gasteiger partial charge in [0.15, 0.2) is 0 Å². The number of allylic oxidation sites excluding steroid dienone is 2. The van der Waals surface area contributed by atoms with Crippen molar-refractivity contribution in [3.05, 3.63) is 23.8 Å². The number of likely N-dealkylation sites (N-methyl/N-ethyl adjacent to an activating group) is 1. The summed E-state index contributed by atoms with van der Waals surface area (Å²) in [6, 6.07) is 0.754. The van der Waals surface area contributed by atoms with E-state index in [1.165, 1.54) is 38.0 Å². The molecule has 16 heavy (non-hydrogen) atoms. The normalized spacial score (nSPS) is 31.1. The van der Waals surface area contributed by atoms with Crippen molar-refractivity contribution in [3.8, 4) is 0 Å². The molecule has 2 rings (SSSR count). The van der Waals surface area contributed by atoms with Crippen molar-refractivity contribution in [1.29, 1.82) is 0 Å². The van der Waals surface area contributed by atoms with Crippen LogP contribution >= 0.6 is 0 Å². The number of hydrogen-bond donors (Lipinski definition) is 0. The van der Waals surface area contributed by atoms with Gasteiger partial charge in [0.05, 0.1) is 0 Å². The number of piperidine rings is 1. The Bertz CT molecular complexity index is 291. The summed E-state index contributed by atoms with van der Waals surface area (Å²) in [4.78, 5) is 5.00. The molecular formula is C14H24N2. The van der Waals surface area contributed by atoms with Crippen LogP contribution in [0.4, 0.5) is 0 Å². The summed E-state index contributed by atoms with van der Waals surface area (Å²) >= 11 is 0. The molecule has 2 atom stereocenters. The van der Waals surface area contributed by atoms with Gasteiger partial charge in [0.2, 0.25) is 0 Å². The first-order valence-corrected chi connectivity index (χ1v) is 6.40. The Kier molecular flexibility index (Phi) is 3.82. The minimum atomic E-state index is 0.654. The molecular weight excluding hydrogens is 196 g/mol. The Morgan fingerprint density at radius 3 is 2.88 bits per heavy atom. The third-order valence-corrected chi connectivity index (χ3v) is 3.76. The molecule has 2 aliphatic rings. The van der Waals surface area contributed by atoms with E-state index in [2.05, 4.69) is 49.0 Å². The molecule has 2 unspecified atom stereocenters. The van der Waals surface area contributed by atoms with Gasteiger partial charge < -0.3 is 9.80 Å². The van der Waals surface area contributed by atoms with Crippen molar-refractivity contribution in [1.82, 2.24) is 9.80 Å². The second kappa shape index (κ2) is 5.15. The van der Waals surface area contributed by atoms with E-state index in [9.17, 15) is 0 Å². The second-order valence-corrected chi connectivity index (χ2v) is 5.45. The number of rotatable bonds is 3. The first-order valence-electron chi connectivity index (χ1n) is 6.40. The minimum absolute atomic E-state index is 0.654. The quantitative estimate of drug-likeness (QED) is 0.719. The van der Waals surface area contributed by atoms with Crippen LogP contribution < -0.4 is 0 Å². The van der Waals surface area contributed by atoms with Gasteiger partial charge in [-0.15, -0.1) is 0 Å². The van der Waals surface area contributed by atoms with Crippen molar-refractivity contribution < 1.29 is 0 Å². The highest BCUT2D eigenvalue weighted by Crippen LogP contribution is 2.20. The molecule has 1 aliphatic heterocycles. The Morgan fingerprint density at radius 1 is 1.44 bits per heavy atom. The predicted molar refractivity (Wildman–Crippen MR) is 69.5 cm³/mol. The van der Waals surface area contributed by atoms with Gasteiger partial charge in [-0.25, -0.2) is 0 Å². The van der Waals surface area contributed by atoms with Gasteiger partial charge in [0.1, 0.15) is 0 Å². The van der Waals surface area contributed by atoms with Crippen molar-refractivity contribution >= 4 is 0 Å². The standard InChI is InChI=1S/C14H24N2/c1-12-6-7-13(9-12)10-16-8-4-5-14(11-16)15(2)3/h6-7,9,13-14H,4-5,8,10-11H2,1-3H3. The van der Waals surface area contributed by atoms with Crippen LogP contribution in [0.1, 0.15) is 19.8 Å². The van der Waals surface area contributed by atoms with E-state index in [0.717, 1.165) is 6.04 Å². The van der Waals surface area contributed by atoms with Gasteiger partial charge in [0.25, 0.3) is 0 Å². The van der Waals surface area contributed by atoms with Gasteiger partial charge in [-0.2, -0.15) is 0 Å². The maximum Gasteiger partial charge on any atom is 0.0217 e. The van der Waals surface area contributed by atoms with Crippen LogP contribution in [0.25, 0.3) is 0 Å². The van der Waals surface area contributed by atoms with Crippen LogP contribution in [0.5, 0.6) is 0 Å². The molecule has 0 aromatic rings. The zero-order valence-electron chi connectivity index (χ0n) is 10.8. The molecule has 0 spiro atoms. The highest BCUT2D eigenvalue weighted by molar-refractivity contribution is 5.27. The van der Waals surface area contributed by atoms with Gasteiger partial charge >= 0.3 is 0 Å². The molecule has 0 saturated carbocycles. The minimum Gasteiger partial charge on any atom is -0.305 e. The Hall–Kier alpha value is -0.600. The maximum absolute atomic E-state index is 2.62. The predicted octanol–water partition coefficient (Wildman–Crippen LogP) is 2.14. The summed E-state index contributed by atoms with van der Waals surface area (Å²) in [7, 11) is 4.40. The lowest BCUT2D eigenvalue weighted by atomic mass is 10.0. The fourth-order valence-corrected chi connectivity index (χ4v) is 2.75. The number of nitrogens with zero attached hydrogens (tertiary/aromatic N) is 2. The average molecular weight is 220 g/mol. The molecule has 1 aliphatic carbocycles. The van der Waals surface area contributed by atoms with Gasteiger partial charge in [-0.3, -0.25) is 0 Å². The van der Waals surface area contributed by atoms with E-state index in [-0.39, 0.29) is 0 Å². The first-order chi connectivity index (χ1) is 7.65. The van der Waals surface area contributed by atoms with Gasteiger partial charge in [-0.1, -0.05) is 23.8 Å². The third-order valence-electron chi connectivity index (χ3n) is 3.76. The van der Waals surface area contributed by atoms with E-state index in [1.807, 2.05) is 0 Å². The van der Waals surface area contributed by atoms with E-state index in [4.69, 9.17) is 0 Å². The van der Waals surface area contributed by atoms with Crippen molar-refractivity contribution in [2.24, 2.45) is 5.92 Å². The molecule has 1 saturated heterocycles. The van der Waals surface area contributed by atoms with Crippen LogP contribution in [0.2, 0.25) is 0 Å². The highest BCUT2D eigenvalue weighted by atomic mass is 15.2. The van der Waals surface area contributed by atoms with Gasteiger partial charge in [-0.05, 0) is 40.4 Å². The number of hydrogen-bond acceptors (Lipinski definition) is 2. The van der Waals surface area contributed by atoms with Crippen molar-refractivity contribution in [3.63, 3.8) is 0 Å². The summed E-state index contributed by atoms with van der Waals surface area (Å²) in [6.45, 7) is 5.92. The largest absolute Gasteiger partial charge is 0.305 e. The highest BCUT2D eigenvalue weighted by Gasteiger charge is 2.22. The van der Waals surface area contributed by atoms with E-state index < -0.39 is 0 Å². The Morgan fingerprint density at radius 2 is 2.25 bits per heavy atom. The topological polar surface area (TPSA) is 6.48 Å². The molecule has 0 bridgehead atoms. The first kappa shape index (κ1) is 11.9. The molecule has 2 nitrogen and oxygen atoms in total. The molecule has 2 heteroatoms. The summed E-state index contributed by atoms with van der Waals surface area (Å²) in [5, 5.41) is 0. The summed E-state index contributed by atoms with van der Waals surface area (Å²) in [5.41, 5.74) is 1.42. The molecule has 1 heterocycles. The molecule has 0 aromatic heterocycles. The maximum atomic E-state index is 2.62. The monoisotopic (exact) mass is 220 g/mol. The SMILES string of the molecule is CC1=CC(CN2CCCC(N(C)C)C2)C=C1. The number of likely N-dealkylation sites (tertiary alicyclic amines) is 1. The van der Waals surface area contributed by atoms with Crippen LogP contribution in [0.3, 0.4) is 0 Å². The molecule has 1 fully saturated rings. The average Bonchev–Trinajstić information content (AvgIpc) is 2.64. The summed E-state index contributed by atoms with van der Waals surface area (Å²) < 4.78 is 0. The lowest BCUT2D eigenvalue weighted by molar-refractivity contribution is 0.129. The zero-order valence-corrected chi connectivity index (χ0v) is 10.8. The Labute approximate surface area is 99.6 Å². The third kappa shape index (κ3) is 2.96. The van der Waals surface area contributed by atoms with Crippen LogP contribution in [-0.2, 0) is 0 Å². The summed E-state index contributed by atoms with van der Waals surface area (Å²) in [5.74, 6) is 0.654. The lowest BCUT2D eigenvalue weighted by Gasteiger charge is -2.36. The summed E-state index contributed by atoms with van der Waals surface area (Å²) in [6.07, 6.45) is 9.69. The zero-order chi connectivity index (χ0) is 11.5. The lowest BCUT2D eigenvalue weighted by Crippen LogP contribution is -2.46. The van der Waals surface area contributed by atoms with E-state index in [1.54, 1.807) is 0 Å².